The van der Waals surface area contributed by atoms with Crippen LogP contribution in [0.15, 0.2) is 23.2 Å². The molecule has 7 heteroatoms. The van der Waals surface area contributed by atoms with Crippen molar-refractivity contribution >= 4 is 38.4 Å². The van der Waals surface area contributed by atoms with E-state index in [0.29, 0.717) is 11.7 Å². The van der Waals surface area contributed by atoms with Gasteiger partial charge >= 0.3 is 29.6 Å². The van der Waals surface area contributed by atoms with Crippen LogP contribution in [0, 0.1) is 0 Å². The maximum absolute atomic E-state index is 11.4. The maximum atomic E-state index is 11.4. The Morgan fingerprint density at radius 1 is 1.50 bits per heavy atom. The minimum absolute atomic E-state index is 0. The van der Waals surface area contributed by atoms with E-state index >= 15 is 0 Å². The summed E-state index contributed by atoms with van der Waals surface area (Å²) >= 11 is 1.30. The second kappa shape index (κ2) is 7.73. The predicted octanol–water partition coefficient (Wildman–Crippen LogP) is -0.932. The number of aromatic nitrogens is 1. The molecule has 0 fully saturated rings. The summed E-state index contributed by atoms with van der Waals surface area (Å²) in [6.07, 6.45) is -0.180. The number of carbonyl (C=O) groups excluding carboxylic acids is 1. The van der Waals surface area contributed by atoms with Crippen LogP contribution in [0.4, 0.5) is 5.13 Å². The van der Waals surface area contributed by atoms with Crippen molar-refractivity contribution < 1.29 is 44.2 Å². The zero-order valence-corrected chi connectivity index (χ0v) is 14.5. The monoisotopic (exact) mass is 300 g/mol. The van der Waals surface area contributed by atoms with Crippen molar-refractivity contribution in [2.75, 3.05) is 6.61 Å². The Hall–Kier alpha value is -0.950. The zero-order valence-electron chi connectivity index (χ0n) is 11.7. The average Bonchev–Trinajstić information content (AvgIpc) is 2.69. The molecule has 0 atom stereocenters. The molecular weight excluding hydrogens is 287 g/mol. The fraction of sp³-hybridized carbons (Fsp3) is 0.308. The number of rotatable bonds is 5. The molecule has 0 bridgehead atoms. The van der Waals surface area contributed by atoms with Gasteiger partial charge in [0.1, 0.15) is 11.5 Å². The van der Waals surface area contributed by atoms with Gasteiger partial charge in [0, 0.05) is 6.42 Å². The molecule has 0 radical (unpaired) electrons. The summed E-state index contributed by atoms with van der Waals surface area (Å²) in [5.74, 6) is 0.102. The van der Waals surface area contributed by atoms with Gasteiger partial charge in [0.05, 0.1) is 16.8 Å². The van der Waals surface area contributed by atoms with Crippen molar-refractivity contribution in [1.29, 1.82) is 0 Å². The Labute approximate surface area is 143 Å². The quantitative estimate of drug-likeness (QED) is 0.406. The largest absolute Gasteiger partial charge is 1.00 e. The van der Waals surface area contributed by atoms with Gasteiger partial charge in [-0.05, 0) is 37.9 Å². The number of Topliss-reactive ketones (excluding diaryl/α,β-unsaturated/α-hetero) is 1. The molecule has 0 unspecified atom stereocenters. The SMILES string of the molecule is CCOc1ccc2nc(/N=C(\[O-])CC(C)=O)sc2c1.[Na+]. The third kappa shape index (κ3) is 4.56. The van der Waals surface area contributed by atoms with Crippen LogP contribution in [0.2, 0.25) is 0 Å². The van der Waals surface area contributed by atoms with E-state index in [9.17, 15) is 9.90 Å². The Kier molecular flexibility index (Phi) is 6.61. The van der Waals surface area contributed by atoms with Gasteiger partial charge in [-0.25, -0.2) is 9.98 Å². The summed E-state index contributed by atoms with van der Waals surface area (Å²) in [5.41, 5.74) is 0.767. The van der Waals surface area contributed by atoms with Crippen molar-refractivity contribution in [1.82, 2.24) is 4.98 Å². The standard InChI is InChI=1S/C13H14N2O3S.Na/c1-3-18-9-4-5-10-11(7-9)19-13(14-10)15-12(17)6-8(2)16;/h4-5,7H,3,6H2,1-2H3,(H,14,15,17);/q;+1/p-1. The number of hydrogen-bond donors (Lipinski definition) is 0. The summed E-state index contributed by atoms with van der Waals surface area (Å²) < 4.78 is 6.30. The minimum atomic E-state index is -0.461. The summed E-state index contributed by atoms with van der Waals surface area (Å²) in [6, 6.07) is 5.52. The summed E-state index contributed by atoms with van der Waals surface area (Å²) in [7, 11) is 0. The van der Waals surface area contributed by atoms with E-state index in [1.807, 2.05) is 25.1 Å². The topological polar surface area (TPSA) is 74.6 Å². The molecule has 0 aliphatic rings. The molecule has 0 N–H and O–H groups in total. The van der Waals surface area contributed by atoms with Gasteiger partial charge in [-0.15, -0.1) is 0 Å². The molecule has 5 nitrogen and oxygen atoms in total. The van der Waals surface area contributed by atoms with E-state index in [4.69, 9.17) is 4.74 Å². The molecule has 100 valence electrons. The fourth-order valence-corrected chi connectivity index (χ4v) is 2.44. The molecule has 0 amide bonds. The smallest absolute Gasteiger partial charge is 0.861 e. The van der Waals surface area contributed by atoms with Crippen molar-refractivity contribution in [2.24, 2.45) is 4.99 Å². The number of benzene rings is 1. The molecule has 0 aliphatic carbocycles. The van der Waals surface area contributed by atoms with E-state index in [1.54, 1.807) is 0 Å². The van der Waals surface area contributed by atoms with Crippen LogP contribution in [-0.2, 0) is 4.79 Å². The number of nitrogens with zero attached hydrogens (tertiary/aromatic N) is 2. The molecule has 1 aromatic heterocycles. The third-order valence-electron chi connectivity index (χ3n) is 2.28. The Morgan fingerprint density at radius 3 is 2.90 bits per heavy atom. The summed E-state index contributed by atoms with van der Waals surface area (Å²) in [5, 5.41) is 11.8. The number of carbonyl (C=O) groups is 1. The Balaban J connectivity index is 0.00000200. The molecule has 0 saturated heterocycles. The molecule has 0 spiro atoms. The first-order valence-electron chi connectivity index (χ1n) is 5.86. The number of fused-ring (bicyclic) bond motifs is 1. The van der Waals surface area contributed by atoms with Crippen LogP contribution < -0.4 is 39.4 Å². The molecule has 2 aromatic rings. The maximum Gasteiger partial charge on any atom is 1.00 e. The van der Waals surface area contributed by atoms with Gasteiger partial charge in [-0.1, -0.05) is 11.3 Å². The summed E-state index contributed by atoms with van der Waals surface area (Å²) in [4.78, 5) is 18.9. The van der Waals surface area contributed by atoms with Gasteiger partial charge in [-0.3, -0.25) is 4.79 Å². The molecular formula is C13H13N2NaO3S. The molecule has 1 aromatic carbocycles. The Morgan fingerprint density at radius 2 is 2.25 bits per heavy atom. The Bertz CT molecular complexity index is 640. The summed E-state index contributed by atoms with van der Waals surface area (Å²) in [6.45, 7) is 3.87. The zero-order chi connectivity index (χ0) is 13.8. The van der Waals surface area contributed by atoms with Gasteiger partial charge in [0.2, 0.25) is 5.13 Å². The van der Waals surface area contributed by atoms with Crippen LogP contribution in [0.25, 0.3) is 10.2 Å². The molecule has 20 heavy (non-hydrogen) atoms. The van der Waals surface area contributed by atoms with E-state index in [0.717, 1.165) is 16.0 Å². The van der Waals surface area contributed by atoms with Crippen LogP contribution in [-0.4, -0.2) is 23.3 Å². The molecule has 1 heterocycles. The average molecular weight is 300 g/mol. The van der Waals surface area contributed by atoms with E-state index in [-0.39, 0.29) is 41.8 Å². The van der Waals surface area contributed by atoms with Gasteiger partial charge in [-0.2, -0.15) is 0 Å². The van der Waals surface area contributed by atoms with Gasteiger partial charge in [0.25, 0.3) is 0 Å². The third-order valence-corrected chi connectivity index (χ3v) is 3.19. The molecule has 2 rings (SSSR count). The number of ether oxygens (including phenoxy) is 1. The van der Waals surface area contributed by atoms with Gasteiger partial charge in [0.15, 0.2) is 0 Å². The van der Waals surface area contributed by atoms with Crippen LogP contribution >= 0.6 is 11.3 Å². The minimum Gasteiger partial charge on any atom is -0.861 e. The van der Waals surface area contributed by atoms with Crippen molar-refractivity contribution in [3.05, 3.63) is 18.2 Å². The molecule has 0 aliphatic heterocycles. The number of ketones is 1. The van der Waals surface area contributed by atoms with E-state index in [2.05, 4.69) is 9.98 Å². The van der Waals surface area contributed by atoms with Crippen LogP contribution in [0.3, 0.4) is 0 Å². The van der Waals surface area contributed by atoms with Crippen LogP contribution in [0.5, 0.6) is 5.75 Å². The first kappa shape index (κ1) is 17.1. The second-order valence-electron chi connectivity index (χ2n) is 3.94. The van der Waals surface area contributed by atoms with Crippen LogP contribution in [0.1, 0.15) is 20.3 Å². The van der Waals surface area contributed by atoms with E-state index < -0.39 is 5.90 Å². The number of hydrogen-bond acceptors (Lipinski definition) is 6. The number of aliphatic imine (C=N–C) groups is 1. The van der Waals surface area contributed by atoms with E-state index in [1.165, 1.54) is 18.3 Å². The number of thiazole rings is 1. The normalized spacial score (nSPS) is 11.2. The second-order valence-corrected chi connectivity index (χ2v) is 4.95. The van der Waals surface area contributed by atoms with Crippen molar-refractivity contribution in [3.63, 3.8) is 0 Å². The van der Waals surface area contributed by atoms with Crippen molar-refractivity contribution in [3.8, 4) is 5.75 Å². The van der Waals surface area contributed by atoms with Gasteiger partial charge < -0.3 is 9.84 Å². The first-order valence-corrected chi connectivity index (χ1v) is 6.67. The predicted molar refractivity (Wildman–Crippen MR) is 73.2 cm³/mol. The fourth-order valence-electron chi connectivity index (χ4n) is 1.56. The van der Waals surface area contributed by atoms with Crippen molar-refractivity contribution in [2.45, 2.75) is 20.3 Å². The molecule has 0 saturated carbocycles. The first-order chi connectivity index (χ1) is 9.08.